The van der Waals surface area contributed by atoms with E-state index in [0.29, 0.717) is 0 Å². The smallest absolute Gasteiger partial charge is 0.282 e. The topological polar surface area (TPSA) is 0 Å². The molecule has 5 rings (SSSR count). The van der Waals surface area contributed by atoms with Crippen LogP contribution in [0.5, 0.6) is 0 Å². The molecule has 0 bridgehead atoms. The van der Waals surface area contributed by atoms with Gasteiger partial charge in [-0.15, -0.1) is 17.3 Å². The Morgan fingerprint density at radius 1 is 0.633 bits per heavy atom. The molecular weight excluding hydrogens is 456 g/mol. The van der Waals surface area contributed by atoms with Crippen LogP contribution >= 0.6 is 0 Å². The molecule has 0 saturated heterocycles. The molecule has 30 heavy (non-hydrogen) atoms. The molecule has 2 heteroatoms. The number of allylic oxidation sites excluding steroid dienone is 2. The Morgan fingerprint density at radius 2 is 1.03 bits per heavy atom. The summed E-state index contributed by atoms with van der Waals surface area (Å²) in [4.78, 5) is 0. The fourth-order valence-electron chi connectivity index (χ4n) is 4.16. The van der Waals surface area contributed by atoms with Gasteiger partial charge >= 0.3 is 26.2 Å². The van der Waals surface area contributed by atoms with E-state index in [1.807, 2.05) is 6.07 Å². The van der Waals surface area contributed by atoms with E-state index < -0.39 is 8.07 Å². The summed E-state index contributed by atoms with van der Waals surface area (Å²) in [5, 5.41) is 2.70. The Hall–Kier alpha value is -0.980. The standard InChI is InChI=1S/C18H16Si.2C5H10.Zr/c1-19(2)17(13-15-9-5-3-6-10-15)14-18(19)16-11-7-4-8-12-16;2*1-2-4-5-3-1;/h3-12H,1-2H3;2*1-5H2;/q-2;;;+4. The maximum absolute atomic E-state index is 3.52. The van der Waals surface area contributed by atoms with Crippen LogP contribution in [0.2, 0.25) is 13.1 Å². The first-order valence-corrected chi connectivity index (χ1v) is 14.6. The van der Waals surface area contributed by atoms with Gasteiger partial charge in [-0.3, -0.25) is 17.7 Å². The second kappa shape index (κ2) is 13.4. The largest absolute Gasteiger partial charge is 4.00 e. The third kappa shape index (κ3) is 7.61. The van der Waals surface area contributed by atoms with Gasteiger partial charge in [0.15, 0.2) is 0 Å². The quantitative estimate of drug-likeness (QED) is 0.292. The van der Waals surface area contributed by atoms with Gasteiger partial charge < -0.3 is 0 Å². The van der Waals surface area contributed by atoms with Crippen molar-refractivity contribution in [1.29, 1.82) is 0 Å². The Balaban J connectivity index is 0.000000239. The van der Waals surface area contributed by atoms with Gasteiger partial charge in [0.1, 0.15) is 0 Å². The number of rotatable bonds is 2. The molecule has 0 N–H and O–H groups in total. The molecule has 154 valence electrons. The summed E-state index contributed by atoms with van der Waals surface area (Å²) in [6.07, 6.45) is 22.0. The normalized spacial score (nSPS) is 19.9. The van der Waals surface area contributed by atoms with Crippen molar-refractivity contribution in [2.75, 3.05) is 0 Å². The fourth-order valence-corrected chi connectivity index (χ4v) is 6.44. The Morgan fingerprint density at radius 3 is 1.43 bits per heavy atom. The van der Waals surface area contributed by atoms with Crippen LogP contribution in [0.15, 0.2) is 65.9 Å². The average Bonchev–Trinajstić information content (AvgIpc) is 3.51. The SMILES string of the molecule is C1CCCC1.C1CCCC1.C[Si]1(C)C(=[C-]c2ccccc2)[C-]=C1c1ccccc1.[Zr+4]. The van der Waals surface area contributed by atoms with E-state index in [0.717, 1.165) is 5.56 Å². The zero-order valence-corrected chi connectivity index (χ0v) is 22.3. The maximum atomic E-state index is 3.52. The molecule has 2 aromatic rings. The molecule has 1 aliphatic heterocycles. The molecule has 0 spiro atoms. The van der Waals surface area contributed by atoms with Crippen molar-refractivity contribution in [2.24, 2.45) is 0 Å². The second-order valence-electron chi connectivity index (χ2n) is 8.89. The van der Waals surface area contributed by atoms with Gasteiger partial charge in [0.2, 0.25) is 0 Å². The number of benzene rings is 2. The summed E-state index contributed by atoms with van der Waals surface area (Å²) in [6, 6.07) is 20.9. The fraction of sp³-hybridized carbons (Fsp3) is 0.429. The zero-order valence-electron chi connectivity index (χ0n) is 18.8. The van der Waals surface area contributed by atoms with Crippen LogP contribution < -0.4 is 0 Å². The molecule has 2 aromatic carbocycles. The summed E-state index contributed by atoms with van der Waals surface area (Å²) in [5.74, 6) is 0. The monoisotopic (exact) mass is 490 g/mol. The van der Waals surface area contributed by atoms with Crippen LogP contribution in [0.1, 0.15) is 75.3 Å². The van der Waals surface area contributed by atoms with Crippen LogP contribution in [-0.4, -0.2) is 8.07 Å². The van der Waals surface area contributed by atoms with Gasteiger partial charge in [-0.2, -0.15) is 0 Å². The first-order chi connectivity index (χ1) is 14.2. The van der Waals surface area contributed by atoms with Gasteiger partial charge in [0.25, 0.3) is 0 Å². The van der Waals surface area contributed by atoms with E-state index in [1.165, 1.54) is 80.2 Å². The van der Waals surface area contributed by atoms with Gasteiger partial charge in [-0.1, -0.05) is 114 Å². The van der Waals surface area contributed by atoms with E-state index in [-0.39, 0.29) is 26.2 Å². The number of hydrogen-bond acceptors (Lipinski definition) is 0. The Kier molecular flexibility index (Phi) is 11.3. The molecule has 0 atom stereocenters. The molecule has 3 aliphatic rings. The predicted molar refractivity (Wildman–Crippen MR) is 129 cm³/mol. The third-order valence-electron chi connectivity index (χ3n) is 6.11. The summed E-state index contributed by atoms with van der Waals surface area (Å²) >= 11 is 0. The van der Waals surface area contributed by atoms with Crippen molar-refractivity contribution in [3.63, 3.8) is 0 Å². The average molecular weight is 492 g/mol. The van der Waals surface area contributed by atoms with Crippen molar-refractivity contribution < 1.29 is 26.2 Å². The Labute approximate surface area is 205 Å². The first-order valence-electron chi connectivity index (χ1n) is 11.6. The van der Waals surface area contributed by atoms with Crippen molar-refractivity contribution in [2.45, 2.75) is 77.3 Å². The molecule has 1 heterocycles. The van der Waals surface area contributed by atoms with Crippen molar-refractivity contribution >= 4 is 13.3 Å². The molecule has 2 aliphatic carbocycles. The second-order valence-corrected chi connectivity index (χ2v) is 13.1. The summed E-state index contributed by atoms with van der Waals surface area (Å²) < 4.78 is 0. The maximum Gasteiger partial charge on any atom is 4.00 e. The van der Waals surface area contributed by atoms with Gasteiger partial charge in [-0.25, -0.2) is 17.3 Å². The van der Waals surface area contributed by atoms with Crippen molar-refractivity contribution in [3.05, 3.63) is 89.1 Å². The van der Waals surface area contributed by atoms with Gasteiger partial charge in [0.05, 0.1) is 8.07 Å². The molecule has 0 radical (unpaired) electrons. The van der Waals surface area contributed by atoms with E-state index >= 15 is 0 Å². The molecule has 0 amide bonds. The molecule has 2 saturated carbocycles. The molecule has 0 unspecified atom stereocenters. The van der Waals surface area contributed by atoms with E-state index in [4.69, 9.17) is 0 Å². The first kappa shape index (κ1) is 25.3. The summed E-state index contributed by atoms with van der Waals surface area (Å²) in [7, 11) is -1.52. The molecule has 0 nitrogen and oxygen atoms in total. The van der Waals surface area contributed by atoms with Crippen LogP contribution in [0, 0.1) is 12.2 Å². The van der Waals surface area contributed by atoms with Crippen LogP contribution in [-0.2, 0) is 26.2 Å². The third-order valence-corrected chi connectivity index (χ3v) is 9.27. The van der Waals surface area contributed by atoms with E-state index in [1.54, 1.807) is 0 Å². The van der Waals surface area contributed by atoms with Crippen molar-refractivity contribution in [1.82, 2.24) is 0 Å². The summed E-state index contributed by atoms with van der Waals surface area (Å²) in [6.45, 7) is 4.74. The van der Waals surface area contributed by atoms with Crippen molar-refractivity contribution in [3.8, 4) is 0 Å². The molecule has 2 fully saturated rings. The minimum Gasteiger partial charge on any atom is -0.282 e. The minimum atomic E-state index is -1.52. The molecular formula is C28H36SiZr+2. The van der Waals surface area contributed by atoms with Gasteiger partial charge in [-0.05, 0) is 5.56 Å². The minimum absolute atomic E-state index is 0. The summed E-state index contributed by atoms with van der Waals surface area (Å²) in [5.41, 5.74) is 2.47. The van der Waals surface area contributed by atoms with Crippen LogP contribution in [0.25, 0.3) is 5.20 Å². The Bertz CT molecular complexity index is 757. The van der Waals surface area contributed by atoms with Gasteiger partial charge in [0, 0.05) is 0 Å². The number of hydrogen-bond donors (Lipinski definition) is 0. The van der Waals surface area contributed by atoms with E-state index in [2.05, 4.69) is 79.8 Å². The molecule has 0 aromatic heterocycles. The van der Waals surface area contributed by atoms with Crippen LogP contribution in [0.3, 0.4) is 0 Å². The zero-order chi connectivity index (χ0) is 20.4. The van der Waals surface area contributed by atoms with Crippen LogP contribution in [0.4, 0.5) is 0 Å². The predicted octanol–water partition coefficient (Wildman–Crippen LogP) is 8.35. The van der Waals surface area contributed by atoms with E-state index in [9.17, 15) is 0 Å².